The van der Waals surface area contributed by atoms with E-state index >= 15 is 0 Å². The van der Waals surface area contributed by atoms with Crippen LogP contribution in [0.1, 0.15) is 11.3 Å². The zero-order valence-corrected chi connectivity index (χ0v) is 10.1. The van der Waals surface area contributed by atoms with Crippen LogP contribution in [0.25, 0.3) is 0 Å². The maximum absolute atomic E-state index is 5.92. The highest BCUT2D eigenvalue weighted by Gasteiger charge is 2.07. The van der Waals surface area contributed by atoms with Gasteiger partial charge in [-0.1, -0.05) is 6.07 Å². The molecule has 0 fully saturated rings. The summed E-state index contributed by atoms with van der Waals surface area (Å²) in [6, 6.07) is 7.76. The van der Waals surface area contributed by atoms with E-state index in [1.807, 2.05) is 49.3 Å². The Kier molecular flexibility index (Phi) is 3.23. The highest BCUT2D eigenvalue weighted by atomic mass is 15.2. The van der Waals surface area contributed by atoms with Crippen molar-refractivity contribution < 1.29 is 0 Å². The number of anilines is 2. The molecule has 0 atom stereocenters. The van der Waals surface area contributed by atoms with Gasteiger partial charge in [0.15, 0.2) is 5.82 Å². The Labute approximate surface area is 101 Å². The van der Waals surface area contributed by atoms with Crippen LogP contribution in [-0.4, -0.2) is 17.0 Å². The fourth-order valence-corrected chi connectivity index (χ4v) is 1.70. The number of nitrogen functional groups attached to an aromatic ring is 1. The van der Waals surface area contributed by atoms with Gasteiger partial charge < -0.3 is 10.6 Å². The van der Waals surface area contributed by atoms with Gasteiger partial charge in [0.2, 0.25) is 0 Å². The van der Waals surface area contributed by atoms with E-state index in [1.165, 1.54) is 0 Å². The number of nitrogens with zero attached hydrogens (tertiary/aromatic N) is 3. The lowest BCUT2D eigenvalue weighted by atomic mass is 10.2. The normalized spacial score (nSPS) is 10.2. The third-order valence-corrected chi connectivity index (χ3v) is 2.55. The van der Waals surface area contributed by atoms with E-state index < -0.39 is 0 Å². The van der Waals surface area contributed by atoms with E-state index in [4.69, 9.17) is 5.73 Å². The summed E-state index contributed by atoms with van der Waals surface area (Å²) >= 11 is 0. The van der Waals surface area contributed by atoms with Crippen LogP contribution in [0.4, 0.5) is 11.5 Å². The molecule has 17 heavy (non-hydrogen) atoms. The SMILES string of the molecule is Cc1ccc(N)c(N(C)Cc2cccnc2)n1. The molecule has 4 heteroatoms. The van der Waals surface area contributed by atoms with Gasteiger partial charge in [0.1, 0.15) is 0 Å². The Morgan fingerprint density at radius 2 is 2.12 bits per heavy atom. The molecule has 0 aliphatic rings. The zero-order valence-electron chi connectivity index (χ0n) is 10.1. The molecule has 2 N–H and O–H groups in total. The molecule has 2 aromatic rings. The number of aromatic nitrogens is 2. The van der Waals surface area contributed by atoms with Crippen molar-refractivity contribution in [1.29, 1.82) is 0 Å². The van der Waals surface area contributed by atoms with Gasteiger partial charge in [-0.05, 0) is 30.7 Å². The molecule has 2 aromatic heterocycles. The number of hydrogen-bond donors (Lipinski definition) is 1. The van der Waals surface area contributed by atoms with E-state index in [0.717, 1.165) is 23.6 Å². The Balaban J connectivity index is 2.20. The first kappa shape index (κ1) is 11.4. The van der Waals surface area contributed by atoms with Gasteiger partial charge in [-0.3, -0.25) is 4.98 Å². The lowest BCUT2D eigenvalue weighted by Crippen LogP contribution is -2.19. The fraction of sp³-hybridized carbons (Fsp3) is 0.231. The second-order valence-electron chi connectivity index (χ2n) is 4.08. The summed E-state index contributed by atoms with van der Waals surface area (Å²) < 4.78 is 0. The summed E-state index contributed by atoms with van der Waals surface area (Å²) in [6.45, 7) is 2.70. The monoisotopic (exact) mass is 228 g/mol. The van der Waals surface area contributed by atoms with Gasteiger partial charge in [0.05, 0.1) is 5.69 Å². The molecule has 2 heterocycles. The summed E-state index contributed by atoms with van der Waals surface area (Å²) in [7, 11) is 1.98. The minimum absolute atomic E-state index is 0.696. The molecule has 0 unspecified atom stereocenters. The minimum atomic E-state index is 0.696. The maximum Gasteiger partial charge on any atom is 0.152 e. The van der Waals surface area contributed by atoms with Crippen LogP contribution in [0.2, 0.25) is 0 Å². The van der Waals surface area contributed by atoms with E-state index in [9.17, 15) is 0 Å². The number of rotatable bonds is 3. The standard InChI is InChI=1S/C13H16N4/c1-10-5-6-12(14)13(16-10)17(2)9-11-4-3-7-15-8-11/h3-8H,9,14H2,1-2H3. The number of pyridine rings is 2. The van der Waals surface area contributed by atoms with E-state index in [0.29, 0.717) is 5.69 Å². The summed E-state index contributed by atoms with van der Waals surface area (Å²) in [4.78, 5) is 10.6. The van der Waals surface area contributed by atoms with Crippen molar-refractivity contribution >= 4 is 11.5 Å². The predicted molar refractivity (Wildman–Crippen MR) is 69.7 cm³/mol. The smallest absolute Gasteiger partial charge is 0.152 e. The topological polar surface area (TPSA) is 55.0 Å². The second kappa shape index (κ2) is 4.82. The van der Waals surface area contributed by atoms with Gasteiger partial charge >= 0.3 is 0 Å². The van der Waals surface area contributed by atoms with Crippen molar-refractivity contribution in [3.8, 4) is 0 Å². The van der Waals surface area contributed by atoms with Gasteiger partial charge in [0, 0.05) is 31.7 Å². The second-order valence-corrected chi connectivity index (χ2v) is 4.08. The molecule has 0 saturated heterocycles. The van der Waals surface area contributed by atoms with E-state index in [2.05, 4.69) is 9.97 Å². The molecule has 0 aliphatic carbocycles. The first-order valence-electron chi connectivity index (χ1n) is 5.50. The summed E-state index contributed by atoms with van der Waals surface area (Å²) in [5.41, 5.74) is 8.72. The van der Waals surface area contributed by atoms with Crippen LogP contribution in [-0.2, 0) is 6.54 Å². The molecule has 0 aliphatic heterocycles. The fourth-order valence-electron chi connectivity index (χ4n) is 1.70. The van der Waals surface area contributed by atoms with Crippen LogP contribution in [0.15, 0.2) is 36.7 Å². The van der Waals surface area contributed by atoms with E-state index in [-0.39, 0.29) is 0 Å². The Bertz CT molecular complexity index is 496. The molecule has 0 radical (unpaired) electrons. The highest BCUT2D eigenvalue weighted by molar-refractivity contribution is 5.62. The molecule has 4 nitrogen and oxygen atoms in total. The van der Waals surface area contributed by atoms with Crippen LogP contribution < -0.4 is 10.6 Å². The van der Waals surface area contributed by atoms with Crippen molar-refractivity contribution in [3.05, 3.63) is 47.9 Å². The van der Waals surface area contributed by atoms with Crippen molar-refractivity contribution in [3.63, 3.8) is 0 Å². The van der Waals surface area contributed by atoms with Crippen LogP contribution in [0, 0.1) is 6.92 Å². The highest BCUT2D eigenvalue weighted by Crippen LogP contribution is 2.20. The molecule has 2 rings (SSSR count). The molecule has 0 saturated carbocycles. The molecule has 0 spiro atoms. The van der Waals surface area contributed by atoms with Crippen LogP contribution in [0.5, 0.6) is 0 Å². The largest absolute Gasteiger partial charge is 0.396 e. The van der Waals surface area contributed by atoms with Crippen molar-refractivity contribution in [2.75, 3.05) is 17.7 Å². The van der Waals surface area contributed by atoms with Gasteiger partial charge in [-0.15, -0.1) is 0 Å². The van der Waals surface area contributed by atoms with Crippen molar-refractivity contribution in [2.24, 2.45) is 0 Å². The zero-order chi connectivity index (χ0) is 12.3. The number of nitrogens with two attached hydrogens (primary N) is 1. The molecule has 0 amide bonds. The van der Waals surface area contributed by atoms with Gasteiger partial charge in [0.25, 0.3) is 0 Å². The molecule has 0 bridgehead atoms. The van der Waals surface area contributed by atoms with Crippen molar-refractivity contribution in [2.45, 2.75) is 13.5 Å². The lowest BCUT2D eigenvalue weighted by Gasteiger charge is -2.20. The Morgan fingerprint density at radius 1 is 1.29 bits per heavy atom. The van der Waals surface area contributed by atoms with E-state index in [1.54, 1.807) is 6.20 Å². The lowest BCUT2D eigenvalue weighted by molar-refractivity contribution is 0.889. The quantitative estimate of drug-likeness (QED) is 0.873. The number of aryl methyl sites for hydroxylation is 1. The molecular weight excluding hydrogens is 212 g/mol. The molecule has 0 aromatic carbocycles. The predicted octanol–water partition coefficient (Wildman–Crippen LogP) is 2.00. The summed E-state index contributed by atoms with van der Waals surface area (Å²) in [6.07, 6.45) is 3.62. The molecule has 88 valence electrons. The van der Waals surface area contributed by atoms with Crippen LogP contribution >= 0.6 is 0 Å². The third kappa shape index (κ3) is 2.72. The minimum Gasteiger partial charge on any atom is -0.396 e. The first-order chi connectivity index (χ1) is 8.16. The summed E-state index contributed by atoms with van der Waals surface area (Å²) in [5.74, 6) is 0.814. The Morgan fingerprint density at radius 3 is 2.82 bits per heavy atom. The first-order valence-corrected chi connectivity index (χ1v) is 5.50. The Hall–Kier alpha value is -2.10. The maximum atomic E-state index is 5.92. The van der Waals surface area contributed by atoms with Gasteiger partial charge in [-0.25, -0.2) is 4.98 Å². The van der Waals surface area contributed by atoms with Crippen LogP contribution in [0.3, 0.4) is 0 Å². The summed E-state index contributed by atoms with van der Waals surface area (Å²) in [5, 5.41) is 0. The third-order valence-electron chi connectivity index (χ3n) is 2.55. The molecular formula is C13H16N4. The average Bonchev–Trinajstić information content (AvgIpc) is 2.33. The van der Waals surface area contributed by atoms with Crippen molar-refractivity contribution in [1.82, 2.24) is 9.97 Å². The average molecular weight is 228 g/mol. The van der Waals surface area contributed by atoms with Gasteiger partial charge in [-0.2, -0.15) is 0 Å². The number of hydrogen-bond acceptors (Lipinski definition) is 4.